The van der Waals surface area contributed by atoms with Crippen LogP contribution >= 0.6 is 0 Å². The monoisotopic (exact) mass is 323 g/mol. The smallest absolute Gasteiger partial charge is 0.419 e. The van der Waals surface area contributed by atoms with Crippen molar-refractivity contribution >= 4 is 17.0 Å². The first-order valence-electron chi connectivity index (χ1n) is 7.87. The second-order valence-electron chi connectivity index (χ2n) is 6.64. The molecular formula is C20H21NO3. The number of methoxy groups -OCH3 is 1. The van der Waals surface area contributed by atoms with Crippen LogP contribution in [0, 0.1) is 0 Å². The summed E-state index contributed by atoms with van der Waals surface area (Å²) in [6.45, 7) is 5.58. The lowest BCUT2D eigenvalue weighted by Gasteiger charge is -2.21. The number of ether oxygens (including phenoxy) is 2. The maximum absolute atomic E-state index is 12.8. The van der Waals surface area contributed by atoms with Gasteiger partial charge in [0.1, 0.15) is 11.4 Å². The molecular weight excluding hydrogens is 302 g/mol. The lowest BCUT2D eigenvalue weighted by Crippen LogP contribution is -2.27. The lowest BCUT2D eigenvalue weighted by molar-refractivity contribution is 0.0547. The third-order valence-corrected chi connectivity index (χ3v) is 3.66. The summed E-state index contributed by atoms with van der Waals surface area (Å²) in [5.41, 5.74) is 1.95. The molecule has 0 radical (unpaired) electrons. The molecule has 3 aromatic rings. The van der Waals surface area contributed by atoms with E-state index in [2.05, 4.69) is 0 Å². The van der Waals surface area contributed by atoms with Gasteiger partial charge in [0, 0.05) is 11.5 Å². The Bertz CT molecular complexity index is 873. The van der Waals surface area contributed by atoms with E-state index in [0.29, 0.717) is 5.75 Å². The van der Waals surface area contributed by atoms with Crippen molar-refractivity contribution < 1.29 is 14.3 Å². The zero-order valence-corrected chi connectivity index (χ0v) is 14.4. The molecule has 24 heavy (non-hydrogen) atoms. The molecule has 0 aliphatic heterocycles. The topological polar surface area (TPSA) is 40.5 Å². The number of benzene rings is 2. The third kappa shape index (κ3) is 3.13. The molecule has 0 spiro atoms. The van der Waals surface area contributed by atoms with Crippen LogP contribution < -0.4 is 4.74 Å². The van der Waals surface area contributed by atoms with Crippen LogP contribution in [0.1, 0.15) is 20.8 Å². The Morgan fingerprint density at radius 3 is 2.33 bits per heavy atom. The molecule has 0 N–H and O–H groups in total. The second-order valence-corrected chi connectivity index (χ2v) is 6.64. The van der Waals surface area contributed by atoms with E-state index in [0.717, 1.165) is 22.2 Å². The van der Waals surface area contributed by atoms with Crippen molar-refractivity contribution in [2.75, 3.05) is 7.11 Å². The Kier molecular flexibility index (Phi) is 4.06. The number of nitrogens with zero attached hydrogens (tertiary/aromatic N) is 1. The van der Waals surface area contributed by atoms with Crippen molar-refractivity contribution in [1.29, 1.82) is 0 Å². The summed E-state index contributed by atoms with van der Waals surface area (Å²) in [6.07, 6.45) is -0.399. The van der Waals surface area contributed by atoms with E-state index in [-0.39, 0.29) is 0 Å². The van der Waals surface area contributed by atoms with Gasteiger partial charge in [-0.15, -0.1) is 0 Å². The Balaban J connectivity index is 2.23. The number of hydrogen-bond donors (Lipinski definition) is 0. The van der Waals surface area contributed by atoms with Crippen LogP contribution in [0.4, 0.5) is 4.79 Å². The van der Waals surface area contributed by atoms with Crippen LogP contribution in [0.25, 0.3) is 22.2 Å². The lowest BCUT2D eigenvalue weighted by atomic mass is 10.1. The summed E-state index contributed by atoms with van der Waals surface area (Å²) in [4.78, 5) is 12.8. The molecule has 0 saturated carbocycles. The van der Waals surface area contributed by atoms with E-state index in [9.17, 15) is 4.79 Å². The Morgan fingerprint density at radius 2 is 1.71 bits per heavy atom. The molecule has 0 unspecified atom stereocenters. The highest BCUT2D eigenvalue weighted by molar-refractivity contribution is 5.96. The highest BCUT2D eigenvalue weighted by Crippen LogP contribution is 2.31. The first-order valence-corrected chi connectivity index (χ1v) is 7.87. The fourth-order valence-corrected chi connectivity index (χ4v) is 2.63. The van der Waals surface area contributed by atoms with Gasteiger partial charge in [0.25, 0.3) is 0 Å². The molecule has 124 valence electrons. The van der Waals surface area contributed by atoms with Crippen LogP contribution in [0.2, 0.25) is 0 Å². The van der Waals surface area contributed by atoms with Gasteiger partial charge in [-0.3, -0.25) is 0 Å². The maximum Gasteiger partial charge on any atom is 0.419 e. The number of rotatable bonds is 2. The number of aromatic nitrogens is 1. The quantitative estimate of drug-likeness (QED) is 0.659. The number of carbonyl (C=O) groups is 1. The van der Waals surface area contributed by atoms with Gasteiger partial charge < -0.3 is 9.47 Å². The van der Waals surface area contributed by atoms with Crippen LogP contribution in [0.5, 0.6) is 5.75 Å². The van der Waals surface area contributed by atoms with Gasteiger partial charge in [0.05, 0.1) is 18.3 Å². The van der Waals surface area contributed by atoms with E-state index in [1.165, 1.54) is 0 Å². The maximum atomic E-state index is 12.8. The Morgan fingerprint density at radius 1 is 1.00 bits per heavy atom. The first kappa shape index (κ1) is 16.1. The standard InChI is InChI=1S/C20H21NO3/c1-20(2,3)24-19(22)21-17(14-8-6-5-7-9-14)12-15-10-11-16(23-4)13-18(15)21/h5-13H,1-4H3. The average Bonchev–Trinajstić information content (AvgIpc) is 2.92. The van der Waals surface area contributed by atoms with Crippen LogP contribution in [0.15, 0.2) is 54.6 Å². The molecule has 0 saturated heterocycles. The van der Waals surface area contributed by atoms with Crippen LogP contribution in [0.3, 0.4) is 0 Å². The SMILES string of the molecule is COc1ccc2cc(-c3ccccc3)n(C(=O)OC(C)(C)C)c2c1. The van der Waals surface area contributed by atoms with Crippen LogP contribution in [-0.4, -0.2) is 23.4 Å². The second kappa shape index (κ2) is 6.04. The number of hydrogen-bond acceptors (Lipinski definition) is 3. The van der Waals surface area contributed by atoms with Crippen molar-refractivity contribution in [3.05, 3.63) is 54.6 Å². The van der Waals surface area contributed by atoms with Gasteiger partial charge in [-0.25, -0.2) is 9.36 Å². The third-order valence-electron chi connectivity index (χ3n) is 3.66. The number of fused-ring (bicyclic) bond motifs is 1. The van der Waals surface area contributed by atoms with Crippen LogP contribution in [-0.2, 0) is 4.74 Å². The predicted octanol–water partition coefficient (Wildman–Crippen LogP) is 5.10. The van der Waals surface area contributed by atoms with Crippen molar-refractivity contribution in [2.45, 2.75) is 26.4 Å². The summed E-state index contributed by atoms with van der Waals surface area (Å²) in [7, 11) is 1.61. The minimum atomic E-state index is -0.569. The highest BCUT2D eigenvalue weighted by atomic mass is 16.6. The van der Waals surface area contributed by atoms with Crippen molar-refractivity contribution in [3.8, 4) is 17.0 Å². The zero-order chi connectivity index (χ0) is 17.3. The first-order chi connectivity index (χ1) is 11.4. The molecule has 0 atom stereocenters. The van der Waals surface area contributed by atoms with Gasteiger partial charge in [-0.2, -0.15) is 0 Å². The summed E-state index contributed by atoms with van der Waals surface area (Å²) >= 11 is 0. The van der Waals surface area contributed by atoms with Gasteiger partial charge >= 0.3 is 6.09 Å². The summed E-state index contributed by atoms with van der Waals surface area (Å²) in [5.74, 6) is 0.699. The van der Waals surface area contributed by atoms with E-state index in [1.54, 1.807) is 11.7 Å². The molecule has 4 heteroatoms. The molecule has 0 aliphatic carbocycles. The number of carbonyl (C=O) groups excluding carboxylic acids is 1. The van der Waals surface area contributed by atoms with E-state index < -0.39 is 11.7 Å². The molecule has 1 heterocycles. The largest absolute Gasteiger partial charge is 0.497 e. The minimum absolute atomic E-state index is 0.399. The molecule has 2 aromatic carbocycles. The fraction of sp³-hybridized carbons (Fsp3) is 0.250. The normalized spacial score (nSPS) is 11.5. The molecule has 0 amide bonds. The highest BCUT2D eigenvalue weighted by Gasteiger charge is 2.23. The Hall–Kier alpha value is -2.75. The van der Waals surface area contributed by atoms with Crippen molar-refractivity contribution in [3.63, 3.8) is 0 Å². The zero-order valence-electron chi connectivity index (χ0n) is 14.4. The predicted molar refractivity (Wildman–Crippen MR) is 95.6 cm³/mol. The van der Waals surface area contributed by atoms with Gasteiger partial charge in [0.15, 0.2) is 0 Å². The molecule has 1 aromatic heterocycles. The molecule has 3 rings (SSSR count). The van der Waals surface area contributed by atoms with Gasteiger partial charge in [-0.1, -0.05) is 30.3 Å². The van der Waals surface area contributed by atoms with E-state index >= 15 is 0 Å². The van der Waals surface area contributed by atoms with Crippen molar-refractivity contribution in [1.82, 2.24) is 4.57 Å². The molecule has 0 fully saturated rings. The fourth-order valence-electron chi connectivity index (χ4n) is 2.63. The van der Waals surface area contributed by atoms with Gasteiger partial charge in [0.2, 0.25) is 0 Å². The Labute approximate surface area is 141 Å². The van der Waals surface area contributed by atoms with E-state index in [4.69, 9.17) is 9.47 Å². The molecule has 0 bridgehead atoms. The van der Waals surface area contributed by atoms with Gasteiger partial charge in [-0.05, 0) is 44.5 Å². The average molecular weight is 323 g/mol. The summed E-state index contributed by atoms with van der Waals surface area (Å²) < 4.78 is 12.5. The molecule has 0 aliphatic rings. The molecule has 4 nitrogen and oxygen atoms in total. The van der Waals surface area contributed by atoms with Crippen molar-refractivity contribution in [2.24, 2.45) is 0 Å². The minimum Gasteiger partial charge on any atom is -0.497 e. The summed E-state index contributed by atoms with van der Waals surface area (Å²) in [6, 6.07) is 17.5. The summed E-state index contributed by atoms with van der Waals surface area (Å²) in [5, 5.41) is 0.959. The van der Waals surface area contributed by atoms with E-state index in [1.807, 2.05) is 75.4 Å².